The maximum Gasteiger partial charge on any atom is 0.0701 e. The molecule has 0 saturated heterocycles. The Kier molecular flexibility index (Phi) is 14.0. The predicted octanol–water partition coefficient (Wildman–Crippen LogP) is 9.64. The van der Waals surface area contributed by atoms with Gasteiger partial charge in [-0.1, -0.05) is 78.9 Å². The van der Waals surface area contributed by atoms with Crippen LogP contribution in [0.25, 0.3) is 5.57 Å². The normalized spacial score (nSPS) is 17.3. The second-order valence-electron chi connectivity index (χ2n) is 8.78. The lowest BCUT2D eigenvalue weighted by Gasteiger charge is -2.19. The van der Waals surface area contributed by atoms with Crippen LogP contribution in [0.15, 0.2) is 35.0 Å². The van der Waals surface area contributed by atoms with Gasteiger partial charge in [-0.2, -0.15) is 0 Å². The molecule has 0 bridgehead atoms. The molecule has 0 aromatic heterocycles. The van der Waals surface area contributed by atoms with Gasteiger partial charge in [0.1, 0.15) is 0 Å². The maximum atomic E-state index is 4.34. The third kappa shape index (κ3) is 8.26. The van der Waals surface area contributed by atoms with Crippen molar-refractivity contribution in [3.8, 4) is 0 Å². The average molecular weight is 439 g/mol. The van der Waals surface area contributed by atoms with Gasteiger partial charge in [-0.25, -0.2) is 0 Å². The van der Waals surface area contributed by atoms with Crippen LogP contribution in [0, 0.1) is 12.8 Å². The summed E-state index contributed by atoms with van der Waals surface area (Å²) in [6.07, 6.45) is 16.5. The fourth-order valence-corrected chi connectivity index (χ4v) is 4.82. The van der Waals surface area contributed by atoms with E-state index in [-0.39, 0.29) is 0 Å². The monoisotopic (exact) mass is 438 g/mol. The molecule has 0 radical (unpaired) electrons. The van der Waals surface area contributed by atoms with Gasteiger partial charge < -0.3 is 4.90 Å². The second-order valence-corrected chi connectivity index (χ2v) is 8.78. The molecule has 3 aliphatic rings. The van der Waals surface area contributed by atoms with Gasteiger partial charge in [0.15, 0.2) is 0 Å². The third-order valence-corrected chi connectivity index (χ3v) is 6.63. The van der Waals surface area contributed by atoms with Crippen molar-refractivity contribution < 1.29 is 0 Å². The van der Waals surface area contributed by atoms with Crippen molar-refractivity contribution in [3.05, 3.63) is 46.7 Å². The summed E-state index contributed by atoms with van der Waals surface area (Å²) in [4.78, 5) is 6.72. The standard InChI is InChI=1S/C20H26N2.C6H12.2C2H6/c1-4-16-8-7-9-18(16)19-12-15(2)17(13-20(19)21-3)14-22-10-5-6-11-22;1-6-4-2-3-5-6;2*1-2/h5,10,12-13H,3-4,6-9,11,14H2,1-2H3;6H,2-5H2,1H3;2*1-2H3. The second kappa shape index (κ2) is 15.9. The third-order valence-electron chi connectivity index (χ3n) is 6.63. The number of nitrogens with zero attached hydrogens (tertiary/aromatic N) is 2. The zero-order chi connectivity index (χ0) is 23.9. The van der Waals surface area contributed by atoms with Gasteiger partial charge in [0.05, 0.1) is 5.69 Å². The first-order valence-corrected chi connectivity index (χ1v) is 13.3. The Morgan fingerprint density at radius 2 is 1.72 bits per heavy atom. The molecule has 0 N–H and O–H groups in total. The van der Waals surface area contributed by atoms with Crippen LogP contribution in [0.4, 0.5) is 5.69 Å². The van der Waals surface area contributed by atoms with Crippen LogP contribution in [-0.4, -0.2) is 18.2 Å². The highest BCUT2D eigenvalue weighted by molar-refractivity contribution is 5.80. The fraction of sp³-hybridized carbons (Fsp3) is 0.633. The lowest BCUT2D eigenvalue weighted by molar-refractivity contribution is 0.399. The molecule has 1 aliphatic heterocycles. The summed E-state index contributed by atoms with van der Waals surface area (Å²) in [6.45, 7) is 20.8. The molecule has 2 aliphatic carbocycles. The minimum atomic E-state index is 0.977. The van der Waals surface area contributed by atoms with Crippen molar-refractivity contribution in [3.63, 3.8) is 0 Å². The summed E-state index contributed by atoms with van der Waals surface area (Å²) >= 11 is 0. The first-order chi connectivity index (χ1) is 15.6. The molecule has 1 aromatic rings. The van der Waals surface area contributed by atoms with E-state index in [1.54, 1.807) is 5.57 Å². The first kappa shape index (κ1) is 28.2. The quantitative estimate of drug-likeness (QED) is 0.418. The Bertz CT molecular complexity index is 735. The molecule has 0 unspecified atom stereocenters. The number of allylic oxidation sites excluding steroid dienone is 2. The Hall–Kier alpha value is -1.83. The molecule has 1 fully saturated rings. The number of benzene rings is 1. The van der Waals surface area contributed by atoms with Crippen LogP contribution in [0.5, 0.6) is 0 Å². The van der Waals surface area contributed by atoms with E-state index in [4.69, 9.17) is 0 Å². The first-order valence-electron chi connectivity index (χ1n) is 13.3. The topological polar surface area (TPSA) is 15.6 Å². The summed E-state index contributed by atoms with van der Waals surface area (Å²) in [7, 11) is 0. The Morgan fingerprint density at radius 1 is 1.03 bits per heavy atom. The molecule has 0 spiro atoms. The summed E-state index contributed by atoms with van der Waals surface area (Å²) in [5, 5.41) is 0. The van der Waals surface area contributed by atoms with E-state index < -0.39 is 0 Å². The van der Waals surface area contributed by atoms with Crippen molar-refractivity contribution in [2.24, 2.45) is 10.9 Å². The van der Waals surface area contributed by atoms with Crippen LogP contribution in [0.2, 0.25) is 0 Å². The van der Waals surface area contributed by atoms with Crippen molar-refractivity contribution in [1.29, 1.82) is 0 Å². The number of aliphatic imine (C=N–C) groups is 1. The molecule has 180 valence electrons. The fourth-order valence-electron chi connectivity index (χ4n) is 4.82. The Balaban J connectivity index is 0.000000432. The van der Waals surface area contributed by atoms with Crippen LogP contribution in [0.1, 0.15) is 116 Å². The van der Waals surface area contributed by atoms with E-state index in [9.17, 15) is 0 Å². The molecule has 1 aromatic carbocycles. The van der Waals surface area contributed by atoms with E-state index >= 15 is 0 Å². The number of rotatable bonds is 5. The summed E-state index contributed by atoms with van der Waals surface area (Å²) in [6, 6.07) is 4.60. The Morgan fingerprint density at radius 3 is 2.22 bits per heavy atom. The summed E-state index contributed by atoms with van der Waals surface area (Å²) in [5.41, 5.74) is 8.27. The molecule has 1 heterocycles. The highest BCUT2D eigenvalue weighted by atomic mass is 15.1. The summed E-state index contributed by atoms with van der Waals surface area (Å²) < 4.78 is 0. The molecule has 2 nitrogen and oxygen atoms in total. The van der Waals surface area contributed by atoms with E-state index in [1.807, 2.05) is 27.7 Å². The maximum absolute atomic E-state index is 4.34. The highest BCUT2D eigenvalue weighted by Gasteiger charge is 2.19. The molecular formula is C30H50N2. The lowest BCUT2D eigenvalue weighted by Crippen LogP contribution is -2.14. The molecule has 0 amide bonds. The van der Waals surface area contributed by atoms with Gasteiger partial charge in [0.25, 0.3) is 0 Å². The van der Waals surface area contributed by atoms with Crippen LogP contribution in [0.3, 0.4) is 0 Å². The SMILES string of the molecule is C=Nc1cc(CN2C=CCC2)c(C)cc1C1=C(CC)CCC1.CC.CC.CC1CCCC1. The lowest BCUT2D eigenvalue weighted by atomic mass is 9.94. The van der Waals surface area contributed by atoms with Crippen molar-refractivity contribution >= 4 is 18.0 Å². The molecule has 4 rings (SSSR count). The van der Waals surface area contributed by atoms with E-state index in [1.165, 1.54) is 67.2 Å². The molecule has 1 saturated carbocycles. The van der Waals surface area contributed by atoms with Crippen molar-refractivity contribution in [1.82, 2.24) is 4.90 Å². The minimum Gasteiger partial charge on any atom is -0.373 e. The highest BCUT2D eigenvalue weighted by Crippen LogP contribution is 2.40. The minimum absolute atomic E-state index is 0.977. The van der Waals surface area contributed by atoms with Crippen LogP contribution in [-0.2, 0) is 6.54 Å². The molecule has 32 heavy (non-hydrogen) atoms. The number of hydrogen-bond donors (Lipinski definition) is 0. The Labute approximate surface area is 199 Å². The van der Waals surface area contributed by atoms with E-state index in [0.717, 1.165) is 37.5 Å². The average Bonchev–Trinajstić information content (AvgIpc) is 3.61. The van der Waals surface area contributed by atoms with E-state index in [0.29, 0.717) is 0 Å². The van der Waals surface area contributed by atoms with Gasteiger partial charge >= 0.3 is 0 Å². The van der Waals surface area contributed by atoms with Gasteiger partial charge in [-0.3, -0.25) is 4.99 Å². The predicted molar refractivity (Wildman–Crippen MR) is 146 cm³/mol. The van der Waals surface area contributed by atoms with Crippen LogP contribution < -0.4 is 0 Å². The van der Waals surface area contributed by atoms with Gasteiger partial charge in [0, 0.05) is 18.7 Å². The van der Waals surface area contributed by atoms with Crippen LogP contribution >= 0.6 is 0 Å². The molecular weight excluding hydrogens is 388 g/mol. The smallest absolute Gasteiger partial charge is 0.0701 e. The summed E-state index contributed by atoms with van der Waals surface area (Å²) in [5.74, 6) is 1.05. The molecule has 0 atom stereocenters. The number of hydrogen-bond acceptors (Lipinski definition) is 2. The molecule has 2 heteroatoms. The van der Waals surface area contributed by atoms with Gasteiger partial charge in [-0.15, -0.1) is 0 Å². The van der Waals surface area contributed by atoms with E-state index in [2.05, 4.69) is 61.8 Å². The largest absolute Gasteiger partial charge is 0.373 e. The zero-order valence-corrected chi connectivity index (χ0v) is 22.3. The van der Waals surface area contributed by atoms with Gasteiger partial charge in [0.2, 0.25) is 0 Å². The number of aryl methyl sites for hydroxylation is 1. The zero-order valence-electron chi connectivity index (χ0n) is 22.3. The van der Waals surface area contributed by atoms with Crippen molar-refractivity contribution in [2.45, 2.75) is 113 Å². The van der Waals surface area contributed by atoms with Gasteiger partial charge in [-0.05, 0) is 86.7 Å². The van der Waals surface area contributed by atoms with Crippen molar-refractivity contribution in [2.75, 3.05) is 6.54 Å².